The van der Waals surface area contributed by atoms with Crippen LogP contribution in [0.4, 0.5) is 13.2 Å². The SMILES string of the molecule is CN(C)S(=O)(=O)N1CCC[C@H]1c1nn(-c2ccc(C(F)(F)F)cc2)c2c1C(=O)CC(C)(C)C2. The summed E-state index contributed by atoms with van der Waals surface area (Å²) in [5, 5.41) is 4.66. The van der Waals surface area contributed by atoms with E-state index in [0.717, 1.165) is 16.4 Å². The first-order chi connectivity index (χ1) is 15.2. The van der Waals surface area contributed by atoms with Crippen molar-refractivity contribution >= 4 is 16.0 Å². The molecule has 0 spiro atoms. The van der Waals surface area contributed by atoms with E-state index in [4.69, 9.17) is 0 Å². The first-order valence-corrected chi connectivity index (χ1v) is 12.1. The second-order valence-corrected chi connectivity index (χ2v) is 11.8. The first-order valence-electron chi connectivity index (χ1n) is 10.7. The zero-order valence-corrected chi connectivity index (χ0v) is 19.8. The fourth-order valence-electron chi connectivity index (χ4n) is 4.72. The second-order valence-electron chi connectivity index (χ2n) is 9.66. The number of carbonyl (C=O) groups excluding carboxylic acids is 1. The molecule has 1 aliphatic carbocycles. The van der Waals surface area contributed by atoms with Crippen LogP contribution < -0.4 is 0 Å². The molecule has 1 aromatic heterocycles. The van der Waals surface area contributed by atoms with Crippen LogP contribution in [0.5, 0.6) is 0 Å². The van der Waals surface area contributed by atoms with Gasteiger partial charge in [0.15, 0.2) is 5.78 Å². The van der Waals surface area contributed by atoms with Gasteiger partial charge in [-0.05, 0) is 48.9 Å². The van der Waals surface area contributed by atoms with E-state index in [-0.39, 0.29) is 11.2 Å². The first kappa shape index (κ1) is 23.9. The van der Waals surface area contributed by atoms with E-state index in [1.54, 1.807) is 0 Å². The van der Waals surface area contributed by atoms with Crippen molar-refractivity contribution in [1.82, 2.24) is 18.4 Å². The van der Waals surface area contributed by atoms with Crippen molar-refractivity contribution in [2.45, 2.75) is 51.7 Å². The largest absolute Gasteiger partial charge is 0.416 e. The fourth-order valence-corrected chi connectivity index (χ4v) is 6.02. The van der Waals surface area contributed by atoms with Gasteiger partial charge in [-0.1, -0.05) is 13.8 Å². The molecule has 1 saturated heterocycles. The highest BCUT2D eigenvalue weighted by molar-refractivity contribution is 7.86. The number of alkyl halides is 3. The highest BCUT2D eigenvalue weighted by Gasteiger charge is 2.44. The molecule has 1 fully saturated rings. The van der Waals surface area contributed by atoms with Crippen molar-refractivity contribution < 1.29 is 26.4 Å². The molecule has 0 saturated carbocycles. The third kappa shape index (κ3) is 4.22. The summed E-state index contributed by atoms with van der Waals surface area (Å²) in [5.74, 6) is -0.122. The molecule has 33 heavy (non-hydrogen) atoms. The van der Waals surface area contributed by atoms with E-state index in [0.29, 0.717) is 54.9 Å². The van der Waals surface area contributed by atoms with Gasteiger partial charge in [0, 0.05) is 27.1 Å². The number of Topliss-reactive ketones (excluding diaryl/α,β-unsaturated/α-hetero) is 1. The minimum absolute atomic E-state index is 0.122. The second kappa shape index (κ2) is 7.92. The summed E-state index contributed by atoms with van der Waals surface area (Å²) in [6, 6.07) is 4.02. The summed E-state index contributed by atoms with van der Waals surface area (Å²) >= 11 is 0. The van der Waals surface area contributed by atoms with Crippen LogP contribution in [-0.4, -0.2) is 53.2 Å². The lowest BCUT2D eigenvalue weighted by atomic mass is 9.75. The quantitative estimate of drug-likeness (QED) is 0.658. The van der Waals surface area contributed by atoms with E-state index in [2.05, 4.69) is 5.10 Å². The Morgan fingerprint density at radius 2 is 1.76 bits per heavy atom. The molecule has 0 unspecified atom stereocenters. The minimum atomic E-state index is -4.46. The molecule has 2 aromatic rings. The van der Waals surface area contributed by atoms with Gasteiger partial charge in [-0.3, -0.25) is 4.79 Å². The number of ketones is 1. The number of fused-ring (bicyclic) bond motifs is 1. The molecule has 4 rings (SSSR count). The lowest BCUT2D eigenvalue weighted by molar-refractivity contribution is -0.137. The van der Waals surface area contributed by atoms with Crippen LogP contribution >= 0.6 is 0 Å². The lowest BCUT2D eigenvalue weighted by Crippen LogP contribution is -2.40. The summed E-state index contributed by atoms with van der Waals surface area (Å²) in [4.78, 5) is 13.2. The van der Waals surface area contributed by atoms with Crippen LogP contribution in [0.25, 0.3) is 5.69 Å². The van der Waals surface area contributed by atoms with Gasteiger partial charge in [0.25, 0.3) is 10.2 Å². The maximum absolute atomic E-state index is 13.2. The van der Waals surface area contributed by atoms with Crippen LogP contribution in [0.1, 0.15) is 66.5 Å². The van der Waals surface area contributed by atoms with Crippen molar-refractivity contribution in [1.29, 1.82) is 0 Å². The van der Waals surface area contributed by atoms with Gasteiger partial charge in [0.2, 0.25) is 0 Å². The molecule has 0 radical (unpaired) electrons. The van der Waals surface area contributed by atoms with E-state index >= 15 is 0 Å². The summed E-state index contributed by atoms with van der Waals surface area (Å²) in [7, 11) is -0.831. The van der Waals surface area contributed by atoms with E-state index in [9.17, 15) is 26.4 Å². The average molecular weight is 485 g/mol. The Labute approximate surface area is 191 Å². The molecule has 7 nitrogen and oxygen atoms in total. The number of nitrogens with zero attached hydrogens (tertiary/aromatic N) is 4. The molecule has 1 aliphatic heterocycles. The van der Waals surface area contributed by atoms with Crippen LogP contribution in [0.15, 0.2) is 24.3 Å². The Bertz CT molecular complexity index is 1180. The van der Waals surface area contributed by atoms with Gasteiger partial charge >= 0.3 is 6.18 Å². The predicted octanol–water partition coefficient (Wildman–Crippen LogP) is 3.99. The molecule has 11 heteroatoms. The van der Waals surface area contributed by atoms with Crippen molar-refractivity contribution in [2.75, 3.05) is 20.6 Å². The highest BCUT2D eigenvalue weighted by Crippen LogP contribution is 2.43. The Morgan fingerprint density at radius 3 is 2.33 bits per heavy atom. The Balaban J connectivity index is 1.87. The van der Waals surface area contributed by atoms with Crippen molar-refractivity contribution in [3.63, 3.8) is 0 Å². The van der Waals surface area contributed by atoms with Crippen LogP contribution in [0.3, 0.4) is 0 Å². The standard InChI is InChI=1S/C22H27F3N4O3S/c1-21(2)12-17-19(18(30)13-21)20(16-6-5-11-28(16)33(31,32)27(3)4)26-29(17)15-9-7-14(8-10-15)22(23,24)25/h7-10,16H,5-6,11-13H2,1-4H3/t16-/m0/s1. The third-order valence-corrected chi connectivity index (χ3v) is 8.24. The summed E-state index contributed by atoms with van der Waals surface area (Å²) in [5.41, 5.74) is 0.670. The Kier molecular flexibility index (Phi) is 5.73. The van der Waals surface area contributed by atoms with Crippen LogP contribution in [0.2, 0.25) is 0 Å². The van der Waals surface area contributed by atoms with E-state index in [1.165, 1.54) is 35.2 Å². The molecular formula is C22H27F3N4O3S. The van der Waals surface area contributed by atoms with Crippen LogP contribution in [0, 0.1) is 5.41 Å². The monoisotopic (exact) mass is 484 g/mol. The molecular weight excluding hydrogens is 457 g/mol. The highest BCUT2D eigenvalue weighted by atomic mass is 32.2. The zero-order chi connectivity index (χ0) is 24.3. The van der Waals surface area contributed by atoms with Gasteiger partial charge in [-0.15, -0.1) is 0 Å². The molecule has 1 aromatic carbocycles. The molecule has 2 heterocycles. The number of carbonyl (C=O) groups is 1. The average Bonchev–Trinajstić information content (AvgIpc) is 3.31. The molecule has 1 atom stereocenters. The molecule has 0 amide bonds. The maximum Gasteiger partial charge on any atom is 0.416 e. The summed E-state index contributed by atoms with van der Waals surface area (Å²) in [6.07, 6.45) is -2.54. The van der Waals surface area contributed by atoms with Crippen molar-refractivity contribution in [3.05, 3.63) is 46.8 Å². The van der Waals surface area contributed by atoms with Gasteiger partial charge in [-0.25, -0.2) is 4.68 Å². The predicted molar refractivity (Wildman–Crippen MR) is 116 cm³/mol. The van der Waals surface area contributed by atoms with E-state index < -0.39 is 28.0 Å². The summed E-state index contributed by atoms with van der Waals surface area (Å²) < 4.78 is 68.9. The maximum atomic E-state index is 13.2. The third-order valence-electron chi connectivity index (χ3n) is 6.29. The molecule has 0 N–H and O–H groups in total. The Morgan fingerprint density at radius 1 is 1.12 bits per heavy atom. The topological polar surface area (TPSA) is 75.5 Å². The molecule has 180 valence electrons. The van der Waals surface area contributed by atoms with Crippen molar-refractivity contribution in [2.24, 2.45) is 5.41 Å². The van der Waals surface area contributed by atoms with E-state index in [1.807, 2.05) is 13.8 Å². The van der Waals surface area contributed by atoms with Gasteiger partial charge in [0.1, 0.15) is 0 Å². The summed E-state index contributed by atoms with van der Waals surface area (Å²) in [6.45, 7) is 4.22. The number of aromatic nitrogens is 2. The minimum Gasteiger partial charge on any atom is -0.294 e. The normalized spacial score (nSPS) is 21.6. The van der Waals surface area contributed by atoms with Gasteiger partial charge in [0.05, 0.1) is 34.2 Å². The number of halogens is 3. The molecule has 0 bridgehead atoms. The number of benzene rings is 1. The smallest absolute Gasteiger partial charge is 0.294 e. The molecule has 2 aliphatic rings. The van der Waals surface area contributed by atoms with Crippen molar-refractivity contribution in [3.8, 4) is 5.69 Å². The van der Waals surface area contributed by atoms with Gasteiger partial charge < -0.3 is 0 Å². The Hall–Kier alpha value is -2.24. The number of hydrogen-bond acceptors (Lipinski definition) is 4. The van der Waals surface area contributed by atoms with Crippen LogP contribution in [-0.2, 0) is 22.8 Å². The fraction of sp³-hybridized carbons (Fsp3) is 0.545. The lowest BCUT2D eigenvalue weighted by Gasteiger charge is -2.30. The zero-order valence-electron chi connectivity index (χ0n) is 19.0. The number of rotatable bonds is 4. The number of hydrogen-bond donors (Lipinski definition) is 0. The van der Waals surface area contributed by atoms with Gasteiger partial charge in [-0.2, -0.15) is 35.3 Å².